The summed E-state index contributed by atoms with van der Waals surface area (Å²) in [4.78, 5) is 12.2. The molecule has 0 fully saturated rings. The van der Waals surface area contributed by atoms with Crippen molar-refractivity contribution in [2.24, 2.45) is 5.92 Å². The van der Waals surface area contributed by atoms with Gasteiger partial charge in [-0.3, -0.25) is 0 Å². The minimum atomic E-state index is -0.728. The van der Waals surface area contributed by atoms with Gasteiger partial charge in [-0.2, -0.15) is 4.68 Å². The molecule has 8 nitrogen and oxygen atoms in total. The molecule has 0 saturated carbocycles. The van der Waals surface area contributed by atoms with Gasteiger partial charge in [-0.25, -0.2) is 9.18 Å². The number of rotatable bonds is 7. The third-order valence-corrected chi connectivity index (χ3v) is 4.66. The summed E-state index contributed by atoms with van der Waals surface area (Å²) in [7, 11) is 0. The van der Waals surface area contributed by atoms with E-state index >= 15 is 0 Å². The molecule has 1 aromatic heterocycles. The van der Waals surface area contributed by atoms with Gasteiger partial charge in [0.1, 0.15) is 11.6 Å². The van der Waals surface area contributed by atoms with Crippen molar-refractivity contribution in [1.82, 2.24) is 25.5 Å². The van der Waals surface area contributed by atoms with E-state index in [0.717, 1.165) is 0 Å². The number of nitrogens with one attached hydrogen (secondary N) is 1. The highest BCUT2D eigenvalue weighted by atomic mass is 35.5. The topological polar surface area (TPSA) is 102 Å². The lowest BCUT2D eigenvalue weighted by molar-refractivity contribution is 0.186. The highest BCUT2D eigenvalue weighted by Gasteiger charge is 2.16. The van der Waals surface area contributed by atoms with Gasteiger partial charge in [0.25, 0.3) is 0 Å². The highest BCUT2D eigenvalue weighted by Crippen LogP contribution is 2.33. The first kappa shape index (κ1) is 22.6. The second-order valence-corrected chi connectivity index (χ2v) is 7.97. The summed E-state index contributed by atoms with van der Waals surface area (Å²) in [6, 6.07) is 8.58. The van der Waals surface area contributed by atoms with Crippen LogP contribution in [0.5, 0.6) is 5.75 Å². The number of carbonyl (C=O) groups excluding carboxylic acids is 1. The van der Waals surface area contributed by atoms with E-state index in [4.69, 9.17) is 21.4 Å². The van der Waals surface area contributed by atoms with Gasteiger partial charge in [0.15, 0.2) is 5.82 Å². The second-order valence-electron chi connectivity index (χ2n) is 7.56. The van der Waals surface area contributed by atoms with Crippen LogP contribution in [-0.2, 0) is 6.42 Å². The predicted octanol–water partition coefficient (Wildman–Crippen LogP) is 3.79. The number of aliphatic hydroxyl groups is 1. The van der Waals surface area contributed by atoms with Gasteiger partial charge in [-0.05, 0) is 59.2 Å². The van der Waals surface area contributed by atoms with Crippen molar-refractivity contribution >= 4 is 17.7 Å². The number of benzene rings is 2. The number of tetrazole rings is 1. The number of hydrogen-bond donors (Lipinski definition) is 2. The molecule has 1 heterocycles. The Morgan fingerprint density at radius 3 is 2.71 bits per heavy atom. The maximum atomic E-state index is 13.5. The molecule has 0 aliphatic rings. The summed E-state index contributed by atoms with van der Waals surface area (Å²) >= 11 is 6.25. The summed E-state index contributed by atoms with van der Waals surface area (Å²) in [5.74, 6) is 0.711. The zero-order valence-corrected chi connectivity index (χ0v) is 18.1. The number of halogens is 2. The van der Waals surface area contributed by atoms with Crippen LogP contribution in [0.25, 0.3) is 16.8 Å². The molecule has 10 heteroatoms. The van der Waals surface area contributed by atoms with Crippen molar-refractivity contribution < 1.29 is 19.0 Å². The molecule has 31 heavy (non-hydrogen) atoms. The Balaban J connectivity index is 2.06. The lowest BCUT2D eigenvalue weighted by Crippen LogP contribution is -2.37. The Kier molecular flexibility index (Phi) is 7.19. The minimum Gasteiger partial charge on any atom is -0.410 e. The van der Waals surface area contributed by atoms with Crippen molar-refractivity contribution in [3.8, 4) is 22.6 Å². The standard InChI is InChI=1S/C21H23ClFN5O3/c1-12(2)6-20-25-26-27-28(20)16-7-14(18-5-4-15(23)9-19(18)22)8-17(10-16)31-21(30)24-13(3)11-29/h4-5,7-10,12-13,29H,6,11H2,1-3H3,(H,24,30). The number of aliphatic hydroxyl groups excluding tert-OH is 1. The molecule has 164 valence electrons. The van der Waals surface area contributed by atoms with Crippen molar-refractivity contribution in [3.63, 3.8) is 0 Å². The number of ether oxygens (including phenoxy) is 1. The summed E-state index contributed by atoms with van der Waals surface area (Å²) < 4.78 is 20.5. The normalized spacial score (nSPS) is 12.1. The molecule has 3 aromatic rings. The fraction of sp³-hybridized carbons (Fsp3) is 0.333. The predicted molar refractivity (Wildman–Crippen MR) is 114 cm³/mol. The van der Waals surface area contributed by atoms with Crippen LogP contribution in [-0.4, -0.2) is 44.1 Å². The second kappa shape index (κ2) is 9.84. The molecule has 0 radical (unpaired) electrons. The summed E-state index contributed by atoms with van der Waals surface area (Å²) in [5.41, 5.74) is 1.69. The maximum absolute atomic E-state index is 13.5. The van der Waals surface area contributed by atoms with Crippen molar-refractivity contribution in [2.75, 3.05) is 6.61 Å². The first-order valence-corrected chi connectivity index (χ1v) is 10.1. The fourth-order valence-electron chi connectivity index (χ4n) is 2.93. The Hall–Kier alpha value is -3.04. The summed E-state index contributed by atoms with van der Waals surface area (Å²) in [6.45, 7) is 5.51. The summed E-state index contributed by atoms with van der Waals surface area (Å²) in [5, 5.41) is 23.8. The van der Waals surface area contributed by atoms with Crippen LogP contribution in [0.4, 0.5) is 9.18 Å². The minimum absolute atomic E-state index is 0.209. The van der Waals surface area contributed by atoms with Crippen LogP contribution in [0.15, 0.2) is 36.4 Å². The quantitative estimate of drug-likeness (QED) is 0.571. The first-order chi connectivity index (χ1) is 14.8. The molecule has 0 aliphatic carbocycles. The molecular formula is C21H23ClFN5O3. The van der Waals surface area contributed by atoms with Gasteiger partial charge in [0.05, 0.1) is 23.4 Å². The van der Waals surface area contributed by atoms with Crippen LogP contribution in [0.3, 0.4) is 0 Å². The number of aromatic nitrogens is 4. The number of nitrogens with zero attached hydrogens (tertiary/aromatic N) is 4. The van der Waals surface area contributed by atoms with Crippen molar-refractivity contribution in [3.05, 3.63) is 53.1 Å². The molecule has 1 amide bonds. The largest absolute Gasteiger partial charge is 0.412 e. The SMILES string of the molecule is CC(C)Cc1nnnn1-c1cc(OC(=O)NC(C)CO)cc(-c2ccc(F)cc2Cl)c1. The fourth-order valence-corrected chi connectivity index (χ4v) is 3.20. The lowest BCUT2D eigenvalue weighted by atomic mass is 10.0. The number of hydrogen-bond acceptors (Lipinski definition) is 6. The molecule has 1 atom stereocenters. The van der Waals surface area contributed by atoms with Crippen LogP contribution in [0.1, 0.15) is 26.6 Å². The van der Waals surface area contributed by atoms with E-state index in [-0.39, 0.29) is 17.4 Å². The van der Waals surface area contributed by atoms with Gasteiger partial charge in [0.2, 0.25) is 0 Å². The van der Waals surface area contributed by atoms with Gasteiger partial charge in [-0.15, -0.1) is 5.10 Å². The number of carbonyl (C=O) groups is 1. The van der Waals surface area contributed by atoms with Crippen molar-refractivity contribution in [2.45, 2.75) is 33.2 Å². The van der Waals surface area contributed by atoms with E-state index in [9.17, 15) is 9.18 Å². The Bertz CT molecular complexity index is 1070. The molecule has 2 aromatic carbocycles. The Morgan fingerprint density at radius 2 is 2.03 bits per heavy atom. The molecule has 0 spiro atoms. The van der Waals surface area contributed by atoms with Gasteiger partial charge >= 0.3 is 6.09 Å². The van der Waals surface area contributed by atoms with Crippen LogP contribution < -0.4 is 10.1 Å². The number of amides is 1. The Labute approximate surface area is 184 Å². The van der Waals surface area contributed by atoms with E-state index in [0.29, 0.717) is 35.0 Å². The van der Waals surface area contributed by atoms with Gasteiger partial charge in [-0.1, -0.05) is 25.4 Å². The van der Waals surface area contributed by atoms with E-state index in [1.165, 1.54) is 12.1 Å². The smallest absolute Gasteiger partial charge is 0.410 e. The van der Waals surface area contributed by atoms with Crippen LogP contribution >= 0.6 is 11.6 Å². The molecular weight excluding hydrogens is 425 g/mol. The summed E-state index contributed by atoms with van der Waals surface area (Å²) in [6.07, 6.45) is -0.0897. The first-order valence-electron chi connectivity index (χ1n) is 9.74. The van der Waals surface area contributed by atoms with Crippen LogP contribution in [0.2, 0.25) is 5.02 Å². The zero-order valence-electron chi connectivity index (χ0n) is 17.3. The van der Waals surface area contributed by atoms with Crippen LogP contribution in [0, 0.1) is 11.7 Å². The molecule has 3 rings (SSSR count). The van der Waals surface area contributed by atoms with E-state index in [1.54, 1.807) is 35.9 Å². The van der Waals surface area contributed by atoms with Crippen molar-refractivity contribution in [1.29, 1.82) is 0 Å². The highest BCUT2D eigenvalue weighted by molar-refractivity contribution is 6.33. The lowest BCUT2D eigenvalue weighted by Gasteiger charge is -2.14. The van der Waals surface area contributed by atoms with E-state index in [2.05, 4.69) is 34.7 Å². The van der Waals surface area contributed by atoms with Gasteiger partial charge in [0, 0.05) is 18.1 Å². The Morgan fingerprint density at radius 1 is 1.26 bits per heavy atom. The average molecular weight is 448 g/mol. The molecule has 1 unspecified atom stereocenters. The zero-order chi connectivity index (χ0) is 22.5. The molecule has 2 N–H and O–H groups in total. The average Bonchev–Trinajstić information content (AvgIpc) is 3.14. The maximum Gasteiger partial charge on any atom is 0.412 e. The monoisotopic (exact) mass is 447 g/mol. The van der Waals surface area contributed by atoms with E-state index < -0.39 is 18.0 Å². The third-order valence-electron chi connectivity index (χ3n) is 4.35. The third kappa shape index (κ3) is 5.77. The molecule has 0 bridgehead atoms. The van der Waals surface area contributed by atoms with Gasteiger partial charge < -0.3 is 15.2 Å². The van der Waals surface area contributed by atoms with E-state index in [1.807, 2.05) is 0 Å². The molecule has 0 saturated heterocycles. The molecule has 0 aliphatic heterocycles.